The van der Waals surface area contributed by atoms with Gasteiger partial charge >= 0.3 is 11.7 Å². The SMILES string of the molecule is C#CC1=C(C)/C(=C/CNc2ccc(F)cc2)C(=O)N(C)C1=O.CCCC(=O)Nc1ccccc1NC(=O)c1ccc(OCC)cc1.CCS(=O)(=O)N1CCN(c2ccc([N+](=O)[O-])c(NCC3CCCO3)c2)CC1.CS(=O)(=O)c1ccc(NC(=O)Nc2ccc(Cl)cc2)cc1.Cn1c(=O)c2c(nc(Sc3ncnn3CC(=O)NC3CCCCC3)n2C)n(C)c1=O.O=C(NC(=S)NCCC1=CCCCC1)c1ccc(Br)o1. The quantitative estimate of drug-likeness (QED) is 0.00400. The fourth-order valence-electron chi connectivity index (χ4n) is 15.3. The van der Waals surface area contributed by atoms with Crippen LogP contribution in [-0.2, 0) is 71.5 Å². The number of hydrogen-bond donors (Lipinski definition) is 9. The number of rotatable bonds is 29. The highest BCUT2D eigenvalue weighted by molar-refractivity contribution is 9.10. The molecule has 5 aliphatic rings. The molecule has 766 valence electrons. The van der Waals surface area contributed by atoms with Crippen molar-refractivity contribution in [1.82, 2.24) is 58.6 Å². The first-order valence-corrected chi connectivity index (χ1v) is 52.4. The number of amides is 8. The van der Waals surface area contributed by atoms with Crippen LogP contribution in [0.1, 0.15) is 138 Å². The molecule has 0 radical (unpaired) electrons. The number of aromatic nitrogens is 7. The number of carbonyl (C=O) groups is 7. The van der Waals surface area contributed by atoms with Crippen LogP contribution in [0.15, 0.2) is 226 Å². The first-order chi connectivity index (χ1) is 68.8. The number of nitrogens with zero attached hydrogens (tertiary/aromatic N) is 11. The summed E-state index contributed by atoms with van der Waals surface area (Å²) in [6, 6.07) is 40.6. The second-order valence-electron chi connectivity index (χ2n) is 33.4. The van der Waals surface area contributed by atoms with Gasteiger partial charge in [-0.3, -0.25) is 63.0 Å². The number of aryl methyl sites for hydroxylation is 2. The summed E-state index contributed by atoms with van der Waals surface area (Å²) >= 11 is 15.2. The van der Waals surface area contributed by atoms with Crippen molar-refractivity contribution in [1.29, 1.82) is 0 Å². The number of sulfonamides is 1. The maximum absolute atomic E-state index is 12.8. The number of sulfone groups is 1. The third-order valence-corrected chi connectivity index (χ3v) is 28.1. The molecule has 7 heterocycles. The van der Waals surface area contributed by atoms with Crippen molar-refractivity contribution in [3.05, 3.63) is 250 Å². The molecule has 0 bridgehead atoms. The number of urea groups is 1. The fourth-order valence-corrected chi connectivity index (χ4v) is 18.5. The van der Waals surface area contributed by atoms with E-state index in [9.17, 15) is 74.5 Å². The van der Waals surface area contributed by atoms with Crippen LogP contribution in [-0.4, -0.2) is 201 Å². The Labute approximate surface area is 856 Å². The lowest BCUT2D eigenvalue weighted by Gasteiger charge is -2.35. The minimum Gasteiger partial charge on any atom is -0.494 e. The second kappa shape index (κ2) is 54.7. The molecule has 8 amide bonds. The van der Waals surface area contributed by atoms with E-state index in [1.54, 1.807) is 136 Å². The minimum atomic E-state index is -3.24. The molecule has 9 N–H and O–H groups in total. The molecule has 2 aliphatic carbocycles. The number of nitro groups is 1. The van der Waals surface area contributed by atoms with Crippen molar-refractivity contribution in [3.63, 3.8) is 0 Å². The highest BCUT2D eigenvalue weighted by Gasteiger charge is 2.33. The average Bonchev–Trinajstić information content (AvgIpc) is 1.60. The number of imide groups is 1. The maximum atomic E-state index is 12.8. The van der Waals surface area contributed by atoms with Crippen LogP contribution in [0.2, 0.25) is 5.02 Å². The molecule has 1 saturated carbocycles. The molecule has 3 fully saturated rings. The number of fused-ring (bicyclic) bond motifs is 1. The summed E-state index contributed by atoms with van der Waals surface area (Å²) in [6.45, 7) is 12.1. The number of nitro benzene ring substituents is 1. The Morgan fingerprint density at radius 3 is 2.01 bits per heavy atom. The van der Waals surface area contributed by atoms with Gasteiger partial charge < -0.3 is 65.9 Å². The highest BCUT2D eigenvalue weighted by atomic mass is 79.9. The van der Waals surface area contributed by atoms with Crippen LogP contribution >= 0.6 is 51.5 Å². The number of benzene rings is 6. The number of nitrogens with one attached hydrogen (secondary N) is 9. The predicted octanol–water partition coefficient (Wildman–Crippen LogP) is 14.9. The fraction of sp³-hybridized carbons (Fsp3) is 0.364. The number of allylic oxidation sites excluding steroid dienone is 1. The molecule has 15 rings (SSSR count). The van der Waals surface area contributed by atoms with E-state index in [4.69, 9.17) is 44.1 Å². The Balaban J connectivity index is 0.000000178. The third-order valence-electron chi connectivity index (χ3n) is 23.1. The number of halogens is 3. The Bertz CT molecular complexity index is 6730. The van der Waals surface area contributed by atoms with Gasteiger partial charge in [0.25, 0.3) is 34.9 Å². The Morgan fingerprint density at radius 2 is 1.41 bits per heavy atom. The summed E-state index contributed by atoms with van der Waals surface area (Å²) in [6.07, 6.45) is 26.5. The number of anilines is 7. The number of thiocarbonyl (C=S) groups is 1. The molecule has 1 unspecified atom stereocenters. The van der Waals surface area contributed by atoms with Crippen molar-refractivity contribution in [2.45, 2.75) is 151 Å². The van der Waals surface area contributed by atoms with Crippen LogP contribution in [0.3, 0.4) is 0 Å². The number of carbonyl (C=O) groups excluding carboxylic acids is 7. The zero-order valence-electron chi connectivity index (χ0n) is 81.1. The van der Waals surface area contributed by atoms with Crippen LogP contribution in [0.25, 0.3) is 11.2 Å². The van der Waals surface area contributed by atoms with Crippen molar-refractivity contribution in [2.75, 3.05) is 115 Å². The lowest BCUT2D eigenvalue weighted by atomic mass is 9.95. The van der Waals surface area contributed by atoms with E-state index in [-0.39, 0.29) is 81.7 Å². The molecule has 38 nitrogen and oxygen atoms in total. The summed E-state index contributed by atoms with van der Waals surface area (Å²) in [4.78, 5) is 132. The molecule has 0 spiro atoms. The number of piperazine rings is 1. The zero-order valence-corrected chi connectivity index (χ0v) is 86.7. The zero-order chi connectivity index (χ0) is 104. The highest BCUT2D eigenvalue weighted by Crippen LogP contribution is 2.34. The van der Waals surface area contributed by atoms with Gasteiger partial charge in [-0.05, 0) is 264 Å². The van der Waals surface area contributed by atoms with Crippen molar-refractivity contribution in [2.24, 2.45) is 21.1 Å². The van der Waals surface area contributed by atoms with E-state index in [1.165, 1.54) is 126 Å². The van der Waals surface area contributed by atoms with E-state index >= 15 is 0 Å². The van der Waals surface area contributed by atoms with E-state index in [2.05, 4.69) is 95.7 Å². The van der Waals surface area contributed by atoms with Gasteiger partial charge in [0.05, 0.1) is 45.2 Å². The van der Waals surface area contributed by atoms with E-state index in [1.807, 2.05) is 26.0 Å². The second-order valence-corrected chi connectivity index (χ2v) is 40.3. The molecule has 144 heavy (non-hydrogen) atoms. The molecule has 4 aromatic heterocycles. The van der Waals surface area contributed by atoms with Crippen molar-refractivity contribution < 1.29 is 73.6 Å². The number of ether oxygens (including phenoxy) is 2. The van der Waals surface area contributed by atoms with Gasteiger partial charge in [0.2, 0.25) is 21.8 Å². The van der Waals surface area contributed by atoms with Gasteiger partial charge in [0.15, 0.2) is 46.9 Å². The van der Waals surface area contributed by atoms with Gasteiger partial charge in [-0.25, -0.2) is 45.5 Å². The van der Waals surface area contributed by atoms with E-state index in [0.29, 0.717) is 134 Å². The summed E-state index contributed by atoms with van der Waals surface area (Å²) in [5.74, 6) is 1.47. The molecular formula is C99H117BrClFN20O18S4. The van der Waals surface area contributed by atoms with Crippen LogP contribution in [0.4, 0.5) is 54.7 Å². The summed E-state index contributed by atoms with van der Waals surface area (Å²) in [5.41, 5.74) is 7.19. The predicted molar refractivity (Wildman–Crippen MR) is 561 cm³/mol. The van der Waals surface area contributed by atoms with Crippen LogP contribution in [0.5, 0.6) is 5.75 Å². The Morgan fingerprint density at radius 1 is 0.743 bits per heavy atom. The maximum Gasteiger partial charge on any atom is 0.332 e. The van der Waals surface area contributed by atoms with Crippen molar-refractivity contribution in [3.8, 4) is 18.1 Å². The number of furan rings is 1. The molecule has 3 aliphatic heterocycles. The molecule has 6 aromatic carbocycles. The van der Waals surface area contributed by atoms with E-state index in [0.717, 1.165) is 97.4 Å². The lowest BCUT2D eigenvalue weighted by molar-refractivity contribution is -0.384. The van der Waals surface area contributed by atoms with Gasteiger partial charge in [0.1, 0.15) is 30.1 Å². The molecule has 1 atom stereocenters. The summed E-state index contributed by atoms with van der Waals surface area (Å²) in [7, 11) is -0.306. The minimum absolute atomic E-state index is 0.0314. The van der Waals surface area contributed by atoms with Crippen LogP contribution < -0.4 is 68.7 Å². The number of hydrogen-bond acceptors (Lipinski definition) is 26. The first-order valence-electron chi connectivity index (χ1n) is 46.5. The van der Waals surface area contributed by atoms with Gasteiger partial charge in [-0.15, -0.1) is 6.42 Å². The normalized spacial score (nSPS) is 15.0. The molecule has 2 saturated heterocycles. The van der Waals surface area contributed by atoms with Crippen LogP contribution in [0, 0.1) is 28.3 Å². The summed E-state index contributed by atoms with van der Waals surface area (Å²) < 4.78 is 83.1. The summed E-state index contributed by atoms with van der Waals surface area (Å²) in [5, 5.41) is 43.2. The number of likely N-dealkylation sites (N-methyl/N-ethyl adjacent to an activating group) is 1. The lowest BCUT2D eigenvalue weighted by Crippen LogP contribution is -2.49. The number of terminal acetylenes is 1. The monoisotopic (exact) mass is 2130 g/mol. The third kappa shape index (κ3) is 33.2. The largest absolute Gasteiger partial charge is 0.494 e. The van der Waals surface area contributed by atoms with Crippen molar-refractivity contribution >= 4 is 175 Å². The standard InChI is InChI=1S/C19H22N2O3.C18H24N8O3S.C17H15FN2O2.C17H26N4O5S.C14H17BrN2O2S.C14H13ClN2O3S/c1-3-7-18(22)20-16-8-5-6-9-17(16)21-19(23)14-10-12-15(13-11-14)24-4-2;1-23-13-14(24(2)18(29)25(3)15(13)28)22-17(23)30-16-19-10-20-26(16)9-12(27)21-11-7-5-4-6-8-11;1-4-14-11(2)15(17(22)20(3)16(14)21)9-10-19-13-7-5-12(18)6-8-13;1-2-27(24,25)20-9-7-19(8-10-20)14-5-6-17(21(22)23)16(12-14)18-13-15-4-3-11-26-15;15-12-7-6-11(19-12)13(18)17-14(20)16-9-8-10-4-2-1-3-5-10;1-21(19,20)13-8-6-12(7-9-13)17-14(18)16-11-4-2-10(15)3-5-11/h5-6,8-13H,3-4,7H2,1-2H3,(H,20,22)(H,21,23);10-11H,4-9H2,1-3H3,(H,21,27);1,5-9,19H,10H2,2-3H3;5-6,12,15,18H,2-4,7-11,13H2,1H3;4,6-7H,1-3,5,8-9H2,(H2,16,17,18,20);2-9H,1H3,(H2,16,17,18)/b;;15-9-;;;. The average molecular weight is 2140 g/mol. The van der Waals surface area contributed by atoms with Gasteiger partial charge in [0, 0.05) is 144 Å². The molecule has 45 heteroatoms. The van der Waals surface area contributed by atoms with E-state index < -0.39 is 48.0 Å². The number of imidazole rings is 1. The topological polar surface area (TPSA) is 473 Å². The van der Waals surface area contributed by atoms with Gasteiger partial charge in [-0.2, -0.15) is 9.40 Å². The number of para-hydroxylation sites is 2. The Kier molecular flexibility index (Phi) is 42.6. The smallest absolute Gasteiger partial charge is 0.332 e. The first kappa shape index (κ1) is 112. The van der Waals surface area contributed by atoms with Gasteiger partial charge in [-0.1, -0.05) is 73.6 Å². The Hall–Kier alpha value is -13.7. The molecule has 10 aromatic rings. The molecular weight excluding hydrogens is 2020 g/mol.